The third kappa shape index (κ3) is 1.56. The number of hydrogen-bond acceptors (Lipinski definition) is 3. The third-order valence-corrected chi connectivity index (χ3v) is 3.47. The van der Waals surface area contributed by atoms with Gasteiger partial charge in [-0.1, -0.05) is 24.4 Å². The molecule has 3 nitrogen and oxygen atoms in total. The van der Waals surface area contributed by atoms with Crippen molar-refractivity contribution in [3.63, 3.8) is 0 Å². The van der Waals surface area contributed by atoms with Gasteiger partial charge < -0.3 is 9.63 Å². The van der Waals surface area contributed by atoms with Gasteiger partial charge in [0.15, 0.2) is 5.58 Å². The van der Waals surface area contributed by atoms with Gasteiger partial charge in [0.1, 0.15) is 5.75 Å². The minimum Gasteiger partial charge on any atom is -0.508 e. The summed E-state index contributed by atoms with van der Waals surface area (Å²) in [6, 6.07) is 5.18. The Balaban J connectivity index is 2.05. The molecule has 1 aromatic heterocycles. The molecule has 1 saturated carbocycles. The van der Waals surface area contributed by atoms with Gasteiger partial charge in [-0.3, -0.25) is 0 Å². The lowest BCUT2D eigenvalue weighted by atomic mass is 9.86. The van der Waals surface area contributed by atoms with Crippen LogP contribution in [0.2, 0.25) is 0 Å². The number of benzene rings is 1. The second kappa shape index (κ2) is 3.81. The van der Waals surface area contributed by atoms with E-state index in [-0.39, 0.29) is 5.75 Å². The number of fused-ring (bicyclic) bond motifs is 1. The monoisotopic (exact) mass is 217 g/mol. The van der Waals surface area contributed by atoms with Crippen molar-refractivity contribution in [1.82, 2.24) is 5.16 Å². The maximum Gasteiger partial charge on any atom is 0.167 e. The Hall–Kier alpha value is -1.51. The smallest absolute Gasteiger partial charge is 0.167 e. The number of phenols is 1. The molecule has 0 radical (unpaired) electrons. The minimum atomic E-state index is 0.285. The molecule has 0 saturated heterocycles. The van der Waals surface area contributed by atoms with E-state index in [1.807, 2.05) is 0 Å². The number of nitrogens with zero attached hydrogens (tertiary/aromatic N) is 1. The highest BCUT2D eigenvalue weighted by Crippen LogP contribution is 2.36. The summed E-state index contributed by atoms with van der Waals surface area (Å²) in [4.78, 5) is 0. The molecule has 0 atom stereocenters. The SMILES string of the molecule is Oc1ccc2onc(C3CCCCC3)c2c1. The lowest BCUT2D eigenvalue weighted by molar-refractivity contribution is 0.396. The molecule has 1 aliphatic rings. The van der Waals surface area contributed by atoms with E-state index < -0.39 is 0 Å². The van der Waals surface area contributed by atoms with E-state index in [1.54, 1.807) is 18.2 Å². The first kappa shape index (κ1) is 9.70. The molecule has 1 heterocycles. The molecule has 3 heteroatoms. The summed E-state index contributed by atoms with van der Waals surface area (Å²) in [5.74, 6) is 0.796. The molecule has 0 amide bonds. The van der Waals surface area contributed by atoms with Crippen LogP contribution in [0.3, 0.4) is 0 Å². The molecular weight excluding hydrogens is 202 g/mol. The van der Waals surface area contributed by atoms with Gasteiger partial charge in [-0.25, -0.2) is 0 Å². The fraction of sp³-hybridized carbons (Fsp3) is 0.462. The first-order valence-corrected chi connectivity index (χ1v) is 5.93. The normalized spacial score (nSPS) is 18.0. The second-order valence-electron chi connectivity index (χ2n) is 4.58. The van der Waals surface area contributed by atoms with Crippen molar-refractivity contribution in [3.8, 4) is 5.75 Å². The molecule has 1 aliphatic carbocycles. The van der Waals surface area contributed by atoms with Crippen molar-refractivity contribution < 1.29 is 9.63 Å². The van der Waals surface area contributed by atoms with E-state index in [9.17, 15) is 5.11 Å². The van der Waals surface area contributed by atoms with Crippen LogP contribution in [0.15, 0.2) is 22.7 Å². The predicted octanol–water partition coefficient (Wildman–Crippen LogP) is 3.58. The molecule has 84 valence electrons. The first-order valence-electron chi connectivity index (χ1n) is 5.93. The van der Waals surface area contributed by atoms with Crippen molar-refractivity contribution >= 4 is 11.0 Å². The molecule has 2 aromatic rings. The van der Waals surface area contributed by atoms with Crippen LogP contribution in [0.4, 0.5) is 0 Å². The lowest BCUT2D eigenvalue weighted by Crippen LogP contribution is -2.04. The molecule has 1 fully saturated rings. The van der Waals surface area contributed by atoms with Crippen molar-refractivity contribution in [2.24, 2.45) is 0 Å². The van der Waals surface area contributed by atoms with Crippen LogP contribution in [-0.2, 0) is 0 Å². The quantitative estimate of drug-likeness (QED) is 0.794. The Kier molecular flexibility index (Phi) is 2.31. The number of phenolic OH excluding ortho intramolecular Hbond substituents is 1. The van der Waals surface area contributed by atoms with Crippen LogP contribution in [0.5, 0.6) is 5.75 Å². The Bertz CT molecular complexity index is 498. The number of hydrogen-bond donors (Lipinski definition) is 1. The van der Waals surface area contributed by atoms with E-state index in [1.165, 1.54) is 32.1 Å². The molecule has 0 spiro atoms. The lowest BCUT2D eigenvalue weighted by Gasteiger charge is -2.19. The minimum absolute atomic E-state index is 0.285. The van der Waals surface area contributed by atoms with E-state index in [2.05, 4.69) is 5.16 Å². The standard InChI is InChI=1S/C13H15NO2/c15-10-6-7-12-11(8-10)13(14-16-12)9-4-2-1-3-5-9/h6-9,15H,1-5H2. The van der Waals surface area contributed by atoms with E-state index >= 15 is 0 Å². The maximum atomic E-state index is 9.50. The summed E-state index contributed by atoms with van der Waals surface area (Å²) in [6.07, 6.45) is 6.27. The Morgan fingerprint density at radius 3 is 2.81 bits per heavy atom. The largest absolute Gasteiger partial charge is 0.508 e. The van der Waals surface area contributed by atoms with Crippen LogP contribution in [0, 0.1) is 0 Å². The Labute approximate surface area is 94.1 Å². The molecule has 3 rings (SSSR count). The van der Waals surface area contributed by atoms with Gasteiger partial charge in [0.2, 0.25) is 0 Å². The number of aromatic nitrogens is 1. The van der Waals surface area contributed by atoms with Gasteiger partial charge >= 0.3 is 0 Å². The summed E-state index contributed by atoms with van der Waals surface area (Å²) in [7, 11) is 0. The van der Waals surface area contributed by atoms with E-state index in [4.69, 9.17) is 4.52 Å². The zero-order valence-electron chi connectivity index (χ0n) is 9.15. The predicted molar refractivity (Wildman–Crippen MR) is 61.5 cm³/mol. The highest BCUT2D eigenvalue weighted by atomic mass is 16.5. The highest BCUT2D eigenvalue weighted by Gasteiger charge is 2.21. The summed E-state index contributed by atoms with van der Waals surface area (Å²) in [6.45, 7) is 0. The van der Waals surface area contributed by atoms with Gasteiger partial charge in [-0.15, -0.1) is 0 Å². The molecular formula is C13H15NO2. The molecule has 0 unspecified atom stereocenters. The third-order valence-electron chi connectivity index (χ3n) is 3.47. The molecule has 16 heavy (non-hydrogen) atoms. The van der Waals surface area contributed by atoms with Crippen molar-refractivity contribution in [2.45, 2.75) is 38.0 Å². The van der Waals surface area contributed by atoms with Crippen LogP contribution < -0.4 is 0 Å². The van der Waals surface area contributed by atoms with Crippen molar-refractivity contribution in [2.75, 3.05) is 0 Å². The maximum absolute atomic E-state index is 9.50. The Morgan fingerprint density at radius 1 is 1.19 bits per heavy atom. The zero-order valence-corrected chi connectivity index (χ0v) is 9.15. The second-order valence-corrected chi connectivity index (χ2v) is 4.58. The van der Waals surface area contributed by atoms with Crippen molar-refractivity contribution in [1.29, 1.82) is 0 Å². The Morgan fingerprint density at radius 2 is 2.00 bits per heavy atom. The average molecular weight is 217 g/mol. The van der Waals surface area contributed by atoms with Crippen LogP contribution in [0.25, 0.3) is 11.0 Å². The summed E-state index contributed by atoms with van der Waals surface area (Å²) in [5, 5.41) is 14.7. The number of rotatable bonds is 1. The van der Waals surface area contributed by atoms with E-state index in [0.717, 1.165) is 16.7 Å². The molecule has 0 aliphatic heterocycles. The highest BCUT2D eigenvalue weighted by molar-refractivity contribution is 5.81. The topological polar surface area (TPSA) is 46.3 Å². The number of aromatic hydroxyl groups is 1. The zero-order chi connectivity index (χ0) is 11.0. The fourth-order valence-corrected chi connectivity index (χ4v) is 2.62. The summed E-state index contributed by atoms with van der Waals surface area (Å²) >= 11 is 0. The molecule has 0 bridgehead atoms. The molecule has 1 N–H and O–H groups in total. The van der Waals surface area contributed by atoms with Crippen LogP contribution in [0.1, 0.15) is 43.7 Å². The average Bonchev–Trinajstić information content (AvgIpc) is 2.73. The van der Waals surface area contributed by atoms with Gasteiger partial charge in [0.05, 0.1) is 5.69 Å². The van der Waals surface area contributed by atoms with Gasteiger partial charge in [-0.05, 0) is 31.0 Å². The summed E-state index contributed by atoms with van der Waals surface area (Å²) < 4.78 is 5.30. The summed E-state index contributed by atoms with van der Waals surface area (Å²) in [5.41, 5.74) is 1.81. The van der Waals surface area contributed by atoms with Gasteiger partial charge in [-0.2, -0.15) is 0 Å². The van der Waals surface area contributed by atoms with Crippen molar-refractivity contribution in [3.05, 3.63) is 23.9 Å². The van der Waals surface area contributed by atoms with Gasteiger partial charge in [0, 0.05) is 11.3 Å². The first-order chi connectivity index (χ1) is 7.84. The van der Waals surface area contributed by atoms with Gasteiger partial charge in [0.25, 0.3) is 0 Å². The fourth-order valence-electron chi connectivity index (χ4n) is 2.62. The van der Waals surface area contributed by atoms with Crippen LogP contribution >= 0.6 is 0 Å². The molecule has 1 aromatic carbocycles. The van der Waals surface area contributed by atoms with E-state index in [0.29, 0.717) is 5.92 Å². The van der Waals surface area contributed by atoms with Crippen LogP contribution in [-0.4, -0.2) is 10.3 Å².